The minimum Gasteiger partial charge on any atom is -0.395 e. The van der Waals surface area contributed by atoms with Crippen LogP contribution < -0.4 is 5.32 Å². The second-order valence-corrected chi connectivity index (χ2v) is 5.86. The van der Waals surface area contributed by atoms with Crippen molar-refractivity contribution in [1.29, 1.82) is 0 Å². The highest BCUT2D eigenvalue weighted by molar-refractivity contribution is 5.74. The normalized spacial score (nSPS) is 21.2. The molecule has 0 spiro atoms. The molecule has 0 aromatic heterocycles. The van der Waals surface area contributed by atoms with E-state index < -0.39 is 0 Å². The lowest BCUT2D eigenvalue weighted by molar-refractivity contribution is 0.0968. The summed E-state index contributed by atoms with van der Waals surface area (Å²) in [5.41, 5.74) is 0.423. The lowest BCUT2D eigenvalue weighted by atomic mass is 9.65. The molecule has 0 aromatic carbocycles. The number of aliphatic hydroxyl groups excluding tert-OH is 1. The molecule has 0 heterocycles. The Labute approximate surface area is 110 Å². The van der Waals surface area contributed by atoms with Crippen LogP contribution in [-0.2, 0) is 0 Å². The zero-order valence-electron chi connectivity index (χ0n) is 11.5. The van der Waals surface area contributed by atoms with Crippen LogP contribution >= 0.6 is 0 Å². The molecule has 0 aromatic rings. The minimum absolute atomic E-state index is 0.00201. The fraction of sp³-hybridized carbons (Fsp3) is 0.929. The average molecular weight is 254 g/mol. The van der Waals surface area contributed by atoms with Crippen LogP contribution in [0.5, 0.6) is 0 Å². The summed E-state index contributed by atoms with van der Waals surface area (Å²) in [6, 6.07) is -0.00201. The lowest BCUT2D eigenvalue weighted by Crippen LogP contribution is -2.48. The minimum atomic E-state index is -0.00201. The van der Waals surface area contributed by atoms with E-state index in [1.165, 1.54) is 32.1 Å². The van der Waals surface area contributed by atoms with Gasteiger partial charge in [0.05, 0.1) is 6.61 Å². The summed E-state index contributed by atoms with van der Waals surface area (Å²) in [6.45, 7) is 4.09. The zero-order chi connectivity index (χ0) is 13.0. The van der Waals surface area contributed by atoms with Gasteiger partial charge in [0.1, 0.15) is 0 Å². The molecule has 4 heteroatoms. The number of nitrogens with zero attached hydrogens (tertiary/aromatic N) is 1. The molecule has 104 valence electrons. The number of amides is 2. The Morgan fingerprint density at radius 3 is 2.56 bits per heavy atom. The molecule has 2 saturated carbocycles. The quantitative estimate of drug-likeness (QED) is 0.730. The van der Waals surface area contributed by atoms with Crippen LogP contribution in [0.2, 0.25) is 0 Å². The second-order valence-electron chi connectivity index (χ2n) is 5.86. The van der Waals surface area contributed by atoms with Crippen molar-refractivity contribution in [3.63, 3.8) is 0 Å². The third-order valence-corrected chi connectivity index (χ3v) is 4.54. The van der Waals surface area contributed by atoms with Gasteiger partial charge in [0, 0.05) is 19.6 Å². The van der Waals surface area contributed by atoms with Crippen molar-refractivity contribution in [3.8, 4) is 0 Å². The molecule has 0 radical (unpaired) electrons. The Kier molecular flexibility index (Phi) is 4.49. The van der Waals surface area contributed by atoms with E-state index in [0.29, 0.717) is 12.0 Å². The van der Waals surface area contributed by atoms with E-state index in [0.717, 1.165) is 25.4 Å². The largest absolute Gasteiger partial charge is 0.395 e. The number of urea groups is 1. The Morgan fingerprint density at radius 2 is 2.11 bits per heavy atom. The monoisotopic (exact) mass is 254 g/mol. The molecule has 2 amide bonds. The number of aliphatic hydroxyl groups is 1. The van der Waals surface area contributed by atoms with E-state index in [-0.39, 0.29) is 12.6 Å². The van der Waals surface area contributed by atoms with E-state index in [2.05, 4.69) is 12.2 Å². The molecule has 18 heavy (non-hydrogen) atoms. The van der Waals surface area contributed by atoms with Crippen LogP contribution in [0.25, 0.3) is 0 Å². The summed E-state index contributed by atoms with van der Waals surface area (Å²) in [7, 11) is 0. The van der Waals surface area contributed by atoms with Crippen molar-refractivity contribution in [2.45, 2.75) is 45.4 Å². The predicted octanol–water partition coefficient (Wildman–Crippen LogP) is 1.98. The average Bonchev–Trinajstić information content (AvgIpc) is 3.12. The van der Waals surface area contributed by atoms with Gasteiger partial charge in [-0.25, -0.2) is 4.79 Å². The van der Waals surface area contributed by atoms with Crippen LogP contribution in [0.1, 0.15) is 45.4 Å². The van der Waals surface area contributed by atoms with Gasteiger partial charge in [0.25, 0.3) is 0 Å². The summed E-state index contributed by atoms with van der Waals surface area (Å²) in [5.74, 6) is 0.865. The summed E-state index contributed by atoms with van der Waals surface area (Å²) in [6.07, 6.45) is 7.52. The van der Waals surface area contributed by atoms with Crippen LogP contribution in [0, 0.1) is 11.3 Å². The molecule has 2 aliphatic rings. The van der Waals surface area contributed by atoms with Gasteiger partial charge in [-0.3, -0.25) is 0 Å². The molecule has 0 unspecified atom stereocenters. The fourth-order valence-electron chi connectivity index (χ4n) is 3.12. The molecule has 0 bridgehead atoms. The molecular weight excluding hydrogens is 228 g/mol. The van der Waals surface area contributed by atoms with Crippen molar-refractivity contribution < 1.29 is 9.90 Å². The van der Waals surface area contributed by atoms with Gasteiger partial charge in [-0.1, -0.05) is 13.3 Å². The van der Waals surface area contributed by atoms with E-state index in [9.17, 15) is 4.79 Å². The van der Waals surface area contributed by atoms with Gasteiger partial charge in [0.15, 0.2) is 0 Å². The number of hydrogen-bond donors (Lipinski definition) is 2. The number of nitrogens with one attached hydrogen (secondary N) is 1. The van der Waals surface area contributed by atoms with Crippen molar-refractivity contribution >= 4 is 6.03 Å². The van der Waals surface area contributed by atoms with Crippen LogP contribution in [0.4, 0.5) is 4.79 Å². The number of carbonyl (C=O) groups is 1. The number of rotatable bonds is 7. The molecule has 0 aliphatic heterocycles. The maximum absolute atomic E-state index is 12.1. The van der Waals surface area contributed by atoms with Crippen molar-refractivity contribution in [2.75, 3.05) is 26.2 Å². The molecule has 0 atom stereocenters. The molecule has 2 rings (SSSR count). The van der Waals surface area contributed by atoms with E-state index in [1.54, 1.807) is 4.90 Å². The molecule has 2 aliphatic carbocycles. The van der Waals surface area contributed by atoms with Gasteiger partial charge < -0.3 is 15.3 Å². The van der Waals surface area contributed by atoms with Gasteiger partial charge in [-0.05, 0) is 43.4 Å². The highest BCUT2D eigenvalue weighted by atomic mass is 16.3. The first-order chi connectivity index (χ1) is 8.72. The van der Waals surface area contributed by atoms with Gasteiger partial charge in [-0.2, -0.15) is 0 Å². The molecule has 2 N–H and O–H groups in total. The molecule has 2 fully saturated rings. The lowest BCUT2D eigenvalue weighted by Gasteiger charge is -2.43. The van der Waals surface area contributed by atoms with Crippen molar-refractivity contribution in [2.24, 2.45) is 11.3 Å². The molecule has 4 nitrogen and oxygen atoms in total. The SMILES string of the molecule is CCCN(CCO)C(=O)NCC1(C2CC2)CCC1. The van der Waals surface area contributed by atoms with E-state index in [4.69, 9.17) is 5.11 Å². The van der Waals surface area contributed by atoms with E-state index in [1.807, 2.05) is 0 Å². The van der Waals surface area contributed by atoms with Crippen LogP contribution in [0.15, 0.2) is 0 Å². The Balaban J connectivity index is 1.78. The first-order valence-corrected chi connectivity index (χ1v) is 7.35. The Hall–Kier alpha value is -0.770. The topological polar surface area (TPSA) is 52.6 Å². The maximum Gasteiger partial charge on any atom is 0.317 e. The van der Waals surface area contributed by atoms with Crippen LogP contribution in [0.3, 0.4) is 0 Å². The zero-order valence-corrected chi connectivity index (χ0v) is 11.5. The first-order valence-electron chi connectivity index (χ1n) is 7.35. The first kappa shape index (κ1) is 13.7. The maximum atomic E-state index is 12.1. The second kappa shape index (κ2) is 5.91. The van der Waals surface area contributed by atoms with E-state index >= 15 is 0 Å². The fourth-order valence-corrected chi connectivity index (χ4v) is 3.12. The summed E-state index contributed by atoms with van der Waals surface area (Å²) in [4.78, 5) is 13.8. The van der Waals surface area contributed by atoms with Gasteiger partial charge >= 0.3 is 6.03 Å². The van der Waals surface area contributed by atoms with Crippen molar-refractivity contribution in [1.82, 2.24) is 10.2 Å². The molecular formula is C14H26N2O2. The summed E-state index contributed by atoms with van der Waals surface area (Å²) >= 11 is 0. The third-order valence-electron chi connectivity index (χ3n) is 4.54. The highest BCUT2D eigenvalue weighted by Crippen LogP contribution is 2.56. The number of carbonyl (C=O) groups excluding carboxylic acids is 1. The molecule has 0 saturated heterocycles. The highest BCUT2D eigenvalue weighted by Gasteiger charge is 2.48. The van der Waals surface area contributed by atoms with Gasteiger partial charge in [-0.15, -0.1) is 0 Å². The Morgan fingerprint density at radius 1 is 1.39 bits per heavy atom. The van der Waals surface area contributed by atoms with Gasteiger partial charge in [0.2, 0.25) is 0 Å². The van der Waals surface area contributed by atoms with Crippen LogP contribution in [-0.4, -0.2) is 42.3 Å². The standard InChI is InChI=1S/C14H26N2O2/c1-2-8-16(9-10-17)13(18)15-11-14(6-3-7-14)12-4-5-12/h12,17H,2-11H2,1H3,(H,15,18). The van der Waals surface area contributed by atoms with Crippen molar-refractivity contribution in [3.05, 3.63) is 0 Å². The number of hydrogen-bond acceptors (Lipinski definition) is 2. The Bertz CT molecular complexity index is 280. The third kappa shape index (κ3) is 2.97. The summed E-state index contributed by atoms with van der Waals surface area (Å²) < 4.78 is 0. The predicted molar refractivity (Wildman–Crippen MR) is 71.4 cm³/mol. The summed E-state index contributed by atoms with van der Waals surface area (Å²) in [5, 5.41) is 12.1. The smallest absolute Gasteiger partial charge is 0.317 e.